The summed E-state index contributed by atoms with van der Waals surface area (Å²) in [5, 5.41) is 0. The minimum absolute atomic E-state index is 0.228. The van der Waals surface area contributed by atoms with Crippen LogP contribution in [0.4, 0.5) is 5.69 Å². The Labute approximate surface area is 91.2 Å². The maximum Gasteiger partial charge on any atom is 0.175 e. The fourth-order valence-electron chi connectivity index (χ4n) is 1.46. The average molecular weight is 227 g/mol. The summed E-state index contributed by atoms with van der Waals surface area (Å²) >= 11 is 0. The van der Waals surface area contributed by atoms with Crippen molar-refractivity contribution in [2.24, 2.45) is 0 Å². The summed E-state index contributed by atoms with van der Waals surface area (Å²) < 4.78 is 23.1. The molecule has 0 bridgehead atoms. The van der Waals surface area contributed by atoms with Crippen molar-refractivity contribution in [3.63, 3.8) is 0 Å². The molecule has 0 saturated carbocycles. The van der Waals surface area contributed by atoms with Crippen molar-refractivity contribution in [3.05, 3.63) is 23.8 Å². The Morgan fingerprint density at radius 2 is 1.73 bits per heavy atom. The first-order valence-electron chi connectivity index (χ1n) is 4.72. The van der Waals surface area contributed by atoms with E-state index in [4.69, 9.17) is 5.73 Å². The molecule has 0 spiro atoms. The van der Waals surface area contributed by atoms with E-state index in [0.29, 0.717) is 10.6 Å². The lowest BCUT2D eigenvalue weighted by Crippen LogP contribution is -2.16. The molecule has 0 fully saturated rings. The van der Waals surface area contributed by atoms with Crippen LogP contribution < -0.4 is 5.73 Å². The summed E-state index contributed by atoms with van der Waals surface area (Å²) in [6.07, 6.45) is 1.22. The molecular weight excluding hydrogens is 210 g/mol. The Balaban J connectivity index is 3.55. The molecule has 0 aliphatic heterocycles. The minimum atomic E-state index is -3.19. The minimum Gasteiger partial charge on any atom is -0.399 e. The van der Waals surface area contributed by atoms with Crippen molar-refractivity contribution in [3.8, 4) is 0 Å². The summed E-state index contributed by atoms with van der Waals surface area (Å²) in [4.78, 5) is 0.365. The van der Waals surface area contributed by atoms with Gasteiger partial charge in [-0.05, 0) is 29.2 Å². The number of nitrogen functional groups attached to an aromatic ring is 1. The number of rotatable bonds is 1. The van der Waals surface area contributed by atoms with Gasteiger partial charge in [-0.3, -0.25) is 0 Å². The molecule has 15 heavy (non-hydrogen) atoms. The Morgan fingerprint density at radius 1 is 1.20 bits per heavy atom. The number of sulfone groups is 1. The second-order valence-electron chi connectivity index (χ2n) is 4.78. The van der Waals surface area contributed by atoms with Gasteiger partial charge in [-0.2, -0.15) is 0 Å². The van der Waals surface area contributed by atoms with Crippen LogP contribution in [0, 0.1) is 0 Å². The van der Waals surface area contributed by atoms with Crippen molar-refractivity contribution in [1.82, 2.24) is 0 Å². The number of hydrogen-bond acceptors (Lipinski definition) is 3. The highest BCUT2D eigenvalue weighted by Gasteiger charge is 2.22. The second kappa shape index (κ2) is 3.52. The first-order chi connectivity index (χ1) is 6.62. The van der Waals surface area contributed by atoms with Crippen LogP contribution >= 0.6 is 0 Å². The van der Waals surface area contributed by atoms with Crippen molar-refractivity contribution in [1.29, 1.82) is 0 Å². The van der Waals surface area contributed by atoms with E-state index in [1.54, 1.807) is 18.2 Å². The number of hydrogen-bond donors (Lipinski definition) is 1. The normalized spacial score (nSPS) is 12.8. The SMILES string of the molecule is CC(C)(C)c1cc(N)ccc1S(C)(=O)=O. The quantitative estimate of drug-likeness (QED) is 0.746. The van der Waals surface area contributed by atoms with Crippen LogP contribution in [0.15, 0.2) is 23.1 Å². The third-order valence-corrected chi connectivity index (χ3v) is 3.37. The Morgan fingerprint density at radius 3 is 2.13 bits per heavy atom. The molecule has 3 nitrogen and oxygen atoms in total. The van der Waals surface area contributed by atoms with Crippen LogP contribution in [0.5, 0.6) is 0 Å². The van der Waals surface area contributed by atoms with Gasteiger partial charge in [0.1, 0.15) is 0 Å². The fourth-order valence-corrected chi connectivity index (χ4v) is 2.54. The first kappa shape index (κ1) is 12.0. The molecule has 0 aromatic heterocycles. The first-order valence-corrected chi connectivity index (χ1v) is 6.61. The number of anilines is 1. The smallest absolute Gasteiger partial charge is 0.175 e. The lowest BCUT2D eigenvalue weighted by molar-refractivity contribution is 0.564. The lowest BCUT2D eigenvalue weighted by Gasteiger charge is -2.22. The van der Waals surface area contributed by atoms with E-state index in [-0.39, 0.29) is 5.41 Å². The Kier molecular flexibility index (Phi) is 2.83. The van der Waals surface area contributed by atoms with Gasteiger partial charge in [-0.1, -0.05) is 20.8 Å². The van der Waals surface area contributed by atoms with Crippen LogP contribution in [-0.4, -0.2) is 14.7 Å². The monoisotopic (exact) mass is 227 g/mol. The second-order valence-corrected chi connectivity index (χ2v) is 6.76. The lowest BCUT2D eigenvalue weighted by atomic mass is 9.87. The molecule has 0 amide bonds. The maximum absolute atomic E-state index is 11.6. The number of nitrogens with two attached hydrogens (primary N) is 1. The van der Waals surface area contributed by atoms with E-state index in [0.717, 1.165) is 5.56 Å². The fraction of sp³-hybridized carbons (Fsp3) is 0.455. The van der Waals surface area contributed by atoms with Crippen molar-refractivity contribution in [2.45, 2.75) is 31.1 Å². The molecule has 0 aliphatic rings. The van der Waals surface area contributed by atoms with Gasteiger partial charge in [0.05, 0.1) is 4.90 Å². The van der Waals surface area contributed by atoms with Crippen LogP contribution in [-0.2, 0) is 15.3 Å². The molecule has 1 aromatic rings. The standard InChI is InChI=1S/C11H17NO2S/c1-11(2,3)9-7-8(12)5-6-10(9)15(4,13)14/h5-7H,12H2,1-4H3. The predicted octanol–water partition coefficient (Wildman–Crippen LogP) is 1.97. The van der Waals surface area contributed by atoms with Crippen LogP contribution in [0.3, 0.4) is 0 Å². The highest BCUT2D eigenvalue weighted by molar-refractivity contribution is 7.90. The molecule has 84 valence electrons. The van der Waals surface area contributed by atoms with Gasteiger partial charge >= 0.3 is 0 Å². The molecule has 0 atom stereocenters. The van der Waals surface area contributed by atoms with Gasteiger partial charge in [-0.15, -0.1) is 0 Å². The van der Waals surface area contributed by atoms with Crippen LogP contribution in [0.25, 0.3) is 0 Å². The summed E-state index contributed by atoms with van der Waals surface area (Å²) in [6, 6.07) is 4.92. The maximum atomic E-state index is 11.6. The summed E-state index contributed by atoms with van der Waals surface area (Å²) in [5.41, 5.74) is 6.80. The Bertz CT molecular complexity index is 470. The molecule has 0 unspecified atom stereocenters. The topological polar surface area (TPSA) is 60.2 Å². The largest absolute Gasteiger partial charge is 0.399 e. The van der Waals surface area contributed by atoms with E-state index in [1.165, 1.54) is 6.26 Å². The molecule has 0 aliphatic carbocycles. The molecule has 0 heterocycles. The molecular formula is C11H17NO2S. The highest BCUT2D eigenvalue weighted by Crippen LogP contribution is 2.30. The van der Waals surface area contributed by atoms with Crippen LogP contribution in [0.1, 0.15) is 26.3 Å². The summed E-state index contributed by atoms with van der Waals surface area (Å²) in [6.45, 7) is 5.91. The van der Waals surface area contributed by atoms with Gasteiger partial charge in [0.15, 0.2) is 9.84 Å². The number of benzene rings is 1. The van der Waals surface area contributed by atoms with Gasteiger partial charge in [0.2, 0.25) is 0 Å². The van der Waals surface area contributed by atoms with Gasteiger partial charge < -0.3 is 5.73 Å². The van der Waals surface area contributed by atoms with E-state index in [1.807, 2.05) is 20.8 Å². The zero-order valence-corrected chi connectivity index (χ0v) is 10.4. The van der Waals surface area contributed by atoms with E-state index >= 15 is 0 Å². The molecule has 1 aromatic carbocycles. The highest BCUT2D eigenvalue weighted by atomic mass is 32.2. The Hall–Kier alpha value is -1.03. The van der Waals surface area contributed by atoms with E-state index < -0.39 is 9.84 Å². The summed E-state index contributed by atoms with van der Waals surface area (Å²) in [5.74, 6) is 0. The van der Waals surface area contributed by atoms with E-state index in [9.17, 15) is 8.42 Å². The van der Waals surface area contributed by atoms with Gasteiger partial charge in [0.25, 0.3) is 0 Å². The van der Waals surface area contributed by atoms with Gasteiger partial charge in [-0.25, -0.2) is 8.42 Å². The van der Waals surface area contributed by atoms with Crippen molar-refractivity contribution < 1.29 is 8.42 Å². The molecule has 2 N–H and O–H groups in total. The average Bonchev–Trinajstić information content (AvgIpc) is 2.00. The third kappa shape index (κ3) is 2.72. The zero-order chi connectivity index (χ0) is 11.9. The predicted molar refractivity (Wildman–Crippen MR) is 62.7 cm³/mol. The third-order valence-electron chi connectivity index (χ3n) is 2.21. The molecule has 4 heteroatoms. The van der Waals surface area contributed by atoms with Crippen molar-refractivity contribution >= 4 is 15.5 Å². The van der Waals surface area contributed by atoms with Gasteiger partial charge in [0, 0.05) is 11.9 Å². The molecule has 0 radical (unpaired) electrons. The summed E-state index contributed by atoms with van der Waals surface area (Å²) in [7, 11) is -3.19. The molecule has 1 rings (SSSR count). The zero-order valence-electron chi connectivity index (χ0n) is 9.53. The van der Waals surface area contributed by atoms with E-state index in [2.05, 4.69) is 0 Å². The van der Waals surface area contributed by atoms with Crippen molar-refractivity contribution in [2.75, 3.05) is 12.0 Å². The molecule has 0 saturated heterocycles. The van der Waals surface area contributed by atoms with Crippen LogP contribution in [0.2, 0.25) is 0 Å².